The normalized spacial score (nSPS) is 23.1. The summed E-state index contributed by atoms with van der Waals surface area (Å²) >= 11 is 0. The molecule has 2 aliphatic carbocycles. The molecule has 0 amide bonds. The fraction of sp³-hybridized carbons (Fsp3) is 0.750. The smallest absolute Gasteiger partial charge is 0.387 e. The lowest BCUT2D eigenvalue weighted by atomic mass is 9.77. The zero-order valence-corrected chi connectivity index (χ0v) is 17.3. The van der Waals surface area contributed by atoms with Crippen LogP contribution in [-0.4, -0.2) is 6.61 Å². The lowest BCUT2D eigenvalue weighted by molar-refractivity contribution is -0.0546. The molecule has 1 aromatic rings. The molecular formula is C24H34F4O. The van der Waals surface area contributed by atoms with E-state index in [1.807, 2.05) is 0 Å². The second-order valence-corrected chi connectivity index (χ2v) is 9.05. The molecule has 0 N–H and O–H groups in total. The molecule has 29 heavy (non-hydrogen) atoms. The third kappa shape index (κ3) is 6.89. The van der Waals surface area contributed by atoms with E-state index in [0.29, 0.717) is 11.5 Å². The quantitative estimate of drug-likeness (QED) is 0.276. The van der Waals surface area contributed by atoms with E-state index in [1.54, 1.807) is 0 Å². The topological polar surface area (TPSA) is 9.23 Å². The molecule has 0 saturated heterocycles. The van der Waals surface area contributed by atoms with Gasteiger partial charge in [-0.15, -0.1) is 0 Å². The van der Waals surface area contributed by atoms with Gasteiger partial charge in [0.05, 0.1) is 0 Å². The Kier molecular flexibility index (Phi) is 8.68. The van der Waals surface area contributed by atoms with Gasteiger partial charge < -0.3 is 4.74 Å². The van der Waals surface area contributed by atoms with Crippen molar-refractivity contribution in [1.82, 2.24) is 0 Å². The molecule has 0 heterocycles. The summed E-state index contributed by atoms with van der Waals surface area (Å²) in [5.41, 5.74) is 0.562. The SMILES string of the molecule is Fc1cc(C2CCC(CCCCCCC3CCCC3)CC2)cc(F)c1OC(F)F. The fourth-order valence-electron chi connectivity index (χ4n) is 5.32. The van der Waals surface area contributed by atoms with Crippen molar-refractivity contribution in [2.45, 2.75) is 102 Å². The molecule has 2 aliphatic rings. The lowest BCUT2D eigenvalue weighted by Crippen LogP contribution is -2.14. The Bertz CT molecular complexity index is 596. The maximum atomic E-state index is 14.0. The average Bonchev–Trinajstić information content (AvgIpc) is 3.21. The van der Waals surface area contributed by atoms with Crippen molar-refractivity contribution in [3.63, 3.8) is 0 Å². The van der Waals surface area contributed by atoms with Gasteiger partial charge in [-0.05, 0) is 61.1 Å². The fourth-order valence-corrected chi connectivity index (χ4v) is 5.32. The van der Waals surface area contributed by atoms with Gasteiger partial charge in [-0.25, -0.2) is 8.78 Å². The summed E-state index contributed by atoms with van der Waals surface area (Å²) in [6.45, 7) is -3.23. The van der Waals surface area contributed by atoms with E-state index < -0.39 is 24.0 Å². The third-order valence-corrected chi connectivity index (χ3v) is 7.00. The first-order valence-corrected chi connectivity index (χ1v) is 11.5. The van der Waals surface area contributed by atoms with Crippen molar-refractivity contribution in [3.8, 4) is 5.75 Å². The number of alkyl halides is 2. The van der Waals surface area contributed by atoms with Crippen LogP contribution in [0.1, 0.15) is 101 Å². The van der Waals surface area contributed by atoms with Gasteiger partial charge in [0, 0.05) is 0 Å². The summed E-state index contributed by atoms with van der Waals surface area (Å²) in [5, 5.41) is 0. The Morgan fingerprint density at radius 3 is 1.79 bits per heavy atom. The minimum atomic E-state index is -3.23. The molecule has 0 bridgehead atoms. The predicted octanol–water partition coefficient (Wildman–Crippen LogP) is 8.37. The summed E-state index contributed by atoms with van der Waals surface area (Å²) in [6, 6.07) is 2.33. The van der Waals surface area contributed by atoms with Gasteiger partial charge in [0.1, 0.15) is 0 Å². The molecule has 0 aliphatic heterocycles. The number of unbranched alkanes of at least 4 members (excludes halogenated alkanes) is 3. The van der Waals surface area contributed by atoms with Crippen molar-refractivity contribution >= 4 is 0 Å². The van der Waals surface area contributed by atoms with Gasteiger partial charge in [0.25, 0.3) is 0 Å². The first kappa shape index (κ1) is 22.4. The van der Waals surface area contributed by atoms with Crippen molar-refractivity contribution < 1.29 is 22.3 Å². The molecular weight excluding hydrogens is 380 g/mol. The van der Waals surface area contributed by atoms with E-state index in [0.717, 1.165) is 43.7 Å². The Balaban J connectivity index is 1.34. The van der Waals surface area contributed by atoms with Crippen LogP contribution in [0, 0.1) is 23.5 Å². The number of hydrogen-bond acceptors (Lipinski definition) is 1. The Morgan fingerprint density at radius 1 is 0.759 bits per heavy atom. The van der Waals surface area contributed by atoms with E-state index in [1.165, 1.54) is 64.2 Å². The van der Waals surface area contributed by atoms with Gasteiger partial charge in [-0.1, -0.05) is 64.2 Å². The van der Waals surface area contributed by atoms with Crippen molar-refractivity contribution in [2.75, 3.05) is 0 Å². The van der Waals surface area contributed by atoms with Gasteiger partial charge in [-0.2, -0.15) is 8.78 Å². The summed E-state index contributed by atoms with van der Waals surface area (Å²) in [5.74, 6) is -1.26. The minimum absolute atomic E-state index is 0.0993. The summed E-state index contributed by atoms with van der Waals surface area (Å²) in [6.07, 6.45) is 17.7. The van der Waals surface area contributed by atoms with Crippen molar-refractivity contribution in [2.24, 2.45) is 11.8 Å². The summed E-state index contributed by atoms with van der Waals surface area (Å²) in [4.78, 5) is 0. The van der Waals surface area contributed by atoms with Gasteiger partial charge in [0.15, 0.2) is 17.4 Å². The molecule has 0 aromatic heterocycles. The largest absolute Gasteiger partial charge is 0.429 e. The van der Waals surface area contributed by atoms with Crippen LogP contribution in [0.25, 0.3) is 0 Å². The number of halogens is 4. The van der Waals surface area contributed by atoms with Crippen LogP contribution in [0.5, 0.6) is 5.75 Å². The molecule has 1 nitrogen and oxygen atoms in total. The highest BCUT2D eigenvalue weighted by atomic mass is 19.3. The van der Waals surface area contributed by atoms with Crippen LogP contribution < -0.4 is 4.74 Å². The lowest BCUT2D eigenvalue weighted by Gasteiger charge is -2.29. The Labute approximate surface area is 172 Å². The van der Waals surface area contributed by atoms with Crippen LogP contribution in [0.2, 0.25) is 0 Å². The van der Waals surface area contributed by atoms with Gasteiger partial charge in [-0.3, -0.25) is 0 Å². The van der Waals surface area contributed by atoms with E-state index in [2.05, 4.69) is 4.74 Å². The van der Waals surface area contributed by atoms with Crippen LogP contribution in [0.4, 0.5) is 17.6 Å². The van der Waals surface area contributed by atoms with Gasteiger partial charge in [0.2, 0.25) is 0 Å². The highest BCUT2D eigenvalue weighted by Gasteiger charge is 2.25. The molecule has 5 heteroatoms. The molecule has 0 unspecified atom stereocenters. The van der Waals surface area contributed by atoms with Crippen LogP contribution in [-0.2, 0) is 0 Å². The molecule has 0 atom stereocenters. The molecule has 3 rings (SSSR count). The molecule has 1 aromatic carbocycles. The molecule has 2 fully saturated rings. The highest BCUT2D eigenvalue weighted by molar-refractivity contribution is 5.33. The second-order valence-electron chi connectivity index (χ2n) is 9.05. The summed E-state index contributed by atoms with van der Waals surface area (Å²) < 4.78 is 56.4. The first-order chi connectivity index (χ1) is 14.0. The van der Waals surface area contributed by atoms with Crippen LogP contribution >= 0.6 is 0 Å². The Morgan fingerprint density at radius 2 is 1.28 bits per heavy atom. The number of ether oxygens (including phenoxy) is 1. The first-order valence-electron chi connectivity index (χ1n) is 11.5. The standard InChI is InChI=1S/C24H34F4O/c25-21-15-20(16-22(26)23(21)29-24(27)28)19-13-11-18(12-14-19)8-4-2-1-3-7-17-9-5-6-10-17/h15-19,24H,1-14H2. The summed E-state index contributed by atoms with van der Waals surface area (Å²) in [7, 11) is 0. The average molecular weight is 415 g/mol. The maximum Gasteiger partial charge on any atom is 0.387 e. The highest BCUT2D eigenvalue weighted by Crippen LogP contribution is 2.39. The van der Waals surface area contributed by atoms with E-state index in [-0.39, 0.29) is 5.92 Å². The Hall–Kier alpha value is -1.26. The van der Waals surface area contributed by atoms with Gasteiger partial charge >= 0.3 is 6.61 Å². The van der Waals surface area contributed by atoms with E-state index in [4.69, 9.17) is 0 Å². The third-order valence-electron chi connectivity index (χ3n) is 7.00. The zero-order valence-electron chi connectivity index (χ0n) is 17.3. The number of benzene rings is 1. The molecule has 164 valence electrons. The van der Waals surface area contributed by atoms with Crippen molar-refractivity contribution in [1.29, 1.82) is 0 Å². The van der Waals surface area contributed by atoms with E-state index in [9.17, 15) is 17.6 Å². The minimum Gasteiger partial charge on any atom is -0.429 e. The predicted molar refractivity (Wildman–Crippen MR) is 107 cm³/mol. The van der Waals surface area contributed by atoms with E-state index >= 15 is 0 Å². The van der Waals surface area contributed by atoms with Crippen molar-refractivity contribution in [3.05, 3.63) is 29.3 Å². The molecule has 0 radical (unpaired) electrons. The molecule has 2 saturated carbocycles. The zero-order chi connectivity index (χ0) is 20.6. The monoisotopic (exact) mass is 414 g/mol. The number of hydrogen-bond donors (Lipinski definition) is 0. The van der Waals surface area contributed by atoms with Crippen LogP contribution in [0.15, 0.2) is 12.1 Å². The molecule has 0 spiro atoms. The number of rotatable bonds is 10. The maximum absolute atomic E-state index is 14.0. The van der Waals surface area contributed by atoms with Crippen LogP contribution in [0.3, 0.4) is 0 Å². The second kappa shape index (κ2) is 11.2.